The number of nitrogens with zero attached hydrogens (tertiary/aromatic N) is 2. The maximum absolute atomic E-state index is 13.1. The lowest BCUT2D eigenvalue weighted by atomic mass is 9.95. The van der Waals surface area contributed by atoms with E-state index in [-0.39, 0.29) is 11.3 Å². The third-order valence-corrected chi connectivity index (χ3v) is 4.98. The molecule has 8 heteroatoms. The van der Waals surface area contributed by atoms with Crippen LogP contribution in [-0.2, 0) is 0 Å². The number of aromatic amines is 1. The lowest BCUT2D eigenvalue weighted by molar-refractivity contribution is 0.0954. The molecule has 4 aromatic rings. The Morgan fingerprint density at radius 2 is 1.74 bits per heavy atom. The van der Waals surface area contributed by atoms with Crippen molar-refractivity contribution in [3.8, 4) is 33.9 Å². The van der Waals surface area contributed by atoms with Crippen molar-refractivity contribution >= 4 is 12.1 Å². The Labute approximate surface area is 195 Å². The van der Waals surface area contributed by atoms with Gasteiger partial charge in [-0.2, -0.15) is 10.2 Å². The monoisotopic (exact) mass is 454 g/mol. The molecule has 0 saturated carbocycles. The number of benzene rings is 3. The topological polar surface area (TPSA) is 117 Å². The predicted molar refractivity (Wildman–Crippen MR) is 130 cm³/mol. The Balaban J connectivity index is 1.71. The Kier molecular flexibility index (Phi) is 6.78. The lowest BCUT2D eigenvalue weighted by Crippen LogP contribution is -2.28. The number of aromatic nitrogens is 2. The van der Waals surface area contributed by atoms with Crippen LogP contribution in [0.5, 0.6) is 11.5 Å². The van der Waals surface area contributed by atoms with Crippen molar-refractivity contribution in [1.29, 1.82) is 0 Å². The Bertz CT molecular complexity index is 1380. The quantitative estimate of drug-likeness (QED) is 0.289. The first-order chi connectivity index (χ1) is 16.6. The summed E-state index contributed by atoms with van der Waals surface area (Å²) in [5, 5.41) is 20.5. The third-order valence-electron chi connectivity index (χ3n) is 4.98. The number of H-pyrrole nitrogens is 1. The average molecular weight is 454 g/mol. The van der Waals surface area contributed by atoms with Gasteiger partial charge < -0.3 is 9.84 Å². The van der Waals surface area contributed by atoms with Crippen LogP contribution in [0.1, 0.15) is 22.8 Å². The molecule has 0 atom stereocenters. The minimum Gasteiger partial charge on any atom is -0.504 e. The van der Waals surface area contributed by atoms with Gasteiger partial charge in [-0.15, -0.1) is 0 Å². The largest absolute Gasteiger partial charge is 0.504 e. The van der Waals surface area contributed by atoms with Gasteiger partial charge in [0.15, 0.2) is 11.5 Å². The zero-order valence-corrected chi connectivity index (χ0v) is 18.4. The number of rotatable bonds is 7. The maximum atomic E-state index is 13.1. The van der Waals surface area contributed by atoms with Crippen molar-refractivity contribution in [2.45, 2.75) is 6.92 Å². The first-order valence-electron chi connectivity index (χ1n) is 10.6. The minimum atomic E-state index is -0.681. The van der Waals surface area contributed by atoms with Crippen molar-refractivity contribution in [3.05, 3.63) is 100 Å². The summed E-state index contributed by atoms with van der Waals surface area (Å²) in [6.07, 6.45) is 1.40. The molecule has 0 radical (unpaired) electrons. The number of ether oxygens (including phenoxy) is 1. The number of phenolic OH excluding ortho intramolecular Hbond substituents is 1. The summed E-state index contributed by atoms with van der Waals surface area (Å²) in [5.41, 5.74) is 4.60. The molecule has 3 aromatic carbocycles. The van der Waals surface area contributed by atoms with Gasteiger partial charge in [0.1, 0.15) is 5.56 Å². The summed E-state index contributed by atoms with van der Waals surface area (Å²) in [6, 6.07) is 23.1. The molecule has 170 valence electrons. The van der Waals surface area contributed by atoms with E-state index < -0.39 is 11.5 Å². The molecule has 8 nitrogen and oxygen atoms in total. The van der Waals surface area contributed by atoms with E-state index in [4.69, 9.17) is 4.74 Å². The van der Waals surface area contributed by atoms with E-state index in [2.05, 4.69) is 20.7 Å². The van der Waals surface area contributed by atoms with Gasteiger partial charge in [0.05, 0.1) is 18.5 Å². The van der Waals surface area contributed by atoms with Gasteiger partial charge in [0, 0.05) is 11.1 Å². The van der Waals surface area contributed by atoms with E-state index in [0.717, 1.165) is 5.56 Å². The number of hydrazone groups is 1. The standard InChI is InChI=1S/C26H22N4O4/c1-2-34-21-15-17(13-14-20(21)31)16-27-29-25(32)23-22(18-9-5-3-6-10-18)24(28-30-26(23)33)19-11-7-4-8-12-19/h3-16,31H,2H2,1H3,(H,29,32)(H,30,33)/b27-16+. The lowest BCUT2D eigenvalue weighted by Gasteiger charge is -2.12. The number of hydrogen-bond acceptors (Lipinski definition) is 6. The molecule has 0 saturated heterocycles. The van der Waals surface area contributed by atoms with Crippen LogP contribution in [0.3, 0.4) is 0 Å². The molecule has 0 unspecified atom stereocenters. The maximum Gasteiger partial charge on any atom is 0.277 e. The van der Waals surface area contributed by atoms with E-state index in [1.54, 1.807) is 19.1 Å². The van der Waals surface area contributed by atoms with Crippen LogP contribution in [0.15, 0.2) is 88.8 Å². The molecule has 0 aliphatic rings. The van der Waals surface area contributed by atoms with E-state index in [0.29, 0.717) is 34.7 Å². The molecule has 1 aromatic heterocycles. The fourth-order valence-electron chi connectivity index (χ4n) is 3.46. The van der Waals surface area contributed by atoms with E-state index >= 15 is 0 Å². The fraction of sp³-hybridized carbons (Fsp3) is 0.0769. The molecule has 0 spiro atoms. The van der Waals surface area contributed by atoms with Gasteiger partial charge >= 0.3 is 0 Å². The van der Waals surface area contributed by atoms with Gasteiger partial charge in [0.25, 0.3) is 11.5 Å². The SMILES string of the molecule is CCOc1cc(/C=N/NC(=O)c2c(-c3ccccc3)c(-c3ccccc3)n[nH]c2=O)ccc1O. The number of carbonyl (C=O) groups is 1. The van der Waals surface area contributed by atoms with Gasteiger partial charge in [-0.25, -0.2) is 10.5 Å². The fourth-order valence-corrected chi connectivity index (χ4v) is 3.46. The second kappa shape index (κ2) is 10.3. The first kappa shape index (κ1) is 22.5. The number of phenols is 1. The van der Waals surface area contributed by atoms with Gasteiger partial charge in [-0.1, -0.05) is 60.7 Å². The summed E-state index contributed by atoms with van der Waals surface area (Å²) >= 11 is 0. The zero-order valence-electron chi connectivity index (χ0n) is 18.4. The molecule has 0 fully saturated rings. The summed E-state index contributed by atoms with van der Waals surface area (Å²) in [4.78, 5) is 25.9. The normalized spacial score (nSPS) is 10.9. The number of carbonyl (C=O) groups excluding carboxylic acids is 1. The molecular weight excluding hydrogens is 432 g/mol. The highest BCUT2D eigenvalue weighted by Gasteiger charge is 2.22. The smallest absolute Gasteiger partial charge is 0.277 e. The zero-order chi connectivity index (χ0) is 23.9. The summed E-state index contributed by atoms with van der Waals surface area (Å²) in [6.45, 7) is 2.20. The van der Waals surface area contributed by atoms with Crippen molar-refractivity contribution in [2.24, 2.45) is 5.10 Å². The second-order valence-corrected chi connectivity index (χ2v) is 7.24. The molecule has 3 N–H and O–H groups in total. The number of nitrogens with one attached hydrogen (secondary N) is 2. The third kappa shape index (κ3) is 4.86. The van der Waals surface area contributed by atoms with E-state index in [1.165, 1.54) is 12.3 Å². The Hall–Kier alpha value is -4.72. The summed E-state index contributed by atoms with van der Waals surface area (Å²) in [7, 11) is 0. The van der Waals surface area contributed by atoms with Crippen LogP contribution < -0.4 is 15.7 Å². The van der Waals surface area contributed by atoms with Crippen LogP contribution in [-0.4, -0.2) is 34.0 Å². The van der Waals surface area contributed by atoms with Crippen molar-refractivity contribution in [1.82, 2.24) is 15.6 Å². The van der Waals surface area contributed by atoms with Crippen LogP contribution in [0.4, 0.5) is 0 Å². The molecule has 4 rings (SSSR count). The molecule has 0 aliphatic carbocycles. The van der Waals surface area contributed by atoms with Crippen LogP contribution in [0, 0.1) is 0 Å². The number of aromatic hydroxyl groups is 1. The van der Waals surface area contributed by atoms with Crippen molar-refractivity contribution in [2.75, 3.05) is 6.61 Å². The first-order valence-corrected chi connectivity index (χ1v) is 10.6. The van der Waals surface area contributed by atoms with Crippen molar-refractivity contribution < 1.29 is 14.6 Å². The van der Waals surface area contributed by atoms with Crippen LogP contribution >= 0.6 is 0 Å². The van der Waals surface area contributed by atoms with Crippen LogP contribution in [0.2, 0.25) is 0 Å². The minimum absolute atomic E-state index is 0.00676. The molecular formula is C26H22N4O4. The van der Waals surface area contributed by atoms with E-state index in [9.17, 15) is 14.7 Å². The number of hydrogen-bond donors (Lipinski definition) is 3. The highest BCUT2D eigenvalue weighted by molar-refractivity contribution is 6.03. The van der Waals surface area contributed by atoms with Gasteiger partial charge in [0.2, 0.25) is 0 Å². The highest BCUT2D eigenvalue weighted by atomic mass is 16.5. The van der Waals surface area contributed by atoms with Crippen LogP contribution in [0.25, 0.3) is 22.4 Å². The van der Waals surface area contributed by atoms with E-state index in [1.807, 2.05) is 60.7 Å². The summed E-state index contributed by atoms with van der Waals surface area (Å²) in [5.74, 6) is -0.366. The summed E-state index contributed by atoms with van der Waals surface area (Å²) < 4.78 is 5.36. The van der Waals surface area contributed by atoms with Gasteiger partial charge in [-0.3, -0.25) is 9.59 Å². The molecule has 0 bridgehead atoms. The van der Waals surface area contributed by atoms with Gasteiger partial charge in [-0.05, 0) is 36.2 Å². The Morgan fingerprint density at radius 3 is 2.41 bits per heavy atom. The molecule has 1 heterocycles. The number of amides is 1. The average Bonchev–Trinajstić information content (AvgIpc) is 2.87. The molecule has 0 aliphatic heterocycles. The molecule has 1 amide bonds. The predicted octanol–water partition coefficient (Wildman–Crippen LogP) is 3.97. The molecule has 34 heavy (non-hydrogen) atoms. The highest BCUT2D eigenvalue weighted by Crippen LogP contribution is 2.31. The Morgan fingerprint density at radius 1 is 1.06 bits per heavy atom. The van der Waals surface area contributed by atoms with Crippen molar-refractivity contribution in [3.63, 3.8) is 0 Å². The second-order valence-electron chi connectivity index (χ2n) is 7.24.